The van der Waals surface area contributed by atoms with Gasteiger partial charge < -0.3 is 0 Å². The molecule has 0 saturated carbocycles. The quantitative estimate of drug-likeness (QED) is 0.584. The topological polar surface area (TPSA) is 20.1 Å². The molecule has 0 aromatic heterocycles. The van der Waals surface area contributed by atoms with Crippen molar-refractivity contribution >= 4 is 5.69 Å². The molecule has 0 atom stereocenters. The van der Waals surface area contributed by atoms with Crippen LogP contribution in [0.4, 0.5) is 5.69 Å². The van der Waals surface area contributed by atoms with Crippen molar-refractivity contribution < 1.29 is 4.76 Å². The lowest BCUT2D eigenvalue weighted by molar-refractivity contribution is -0.429. The van der Waals surface area contributed by atoms with Crippen molar-refractivity contribution in [2.75, 3.05) is 7.05 Å². The normalized spacial score (nSPS) is 10.0. The Morgan fingerprint density at radius 1 is 1.08 bits per heavy atom. The Balaban J connectivity index is 3.38. The van der Waals surface area contributed by atoms with Crippen LogP contribution in [-0.2, 0) is 0 Å². The average Bonchev–Trinajstić information content (AvgIpc) is 1.82. The lowest BCUT2D eigenvalue weighted by Gasteiger charge is -2.00. The van der Waals surface area contributed by atoms with Crippen LogP contribution in [0.3, 0.4) is 0 Å². The predicted octanol–water partition coefficient (Wildman–Crippen LogP) is 2.65. The van der Waals surface area contributed by atoms with E-state index in [0.717, 1.165) is 21.6 Å². The maximum absolute atomic E-state index is 11.1. The van der Waals surface area contributed by atoms with Gasteiger partial charge in [0.1, 0.15) is 0 Å². The molecule has 64 valence electrons. The van der Waals surface area contributed by atoms with Gasteiger partial charge in [0.05, 0.1) is 0 Å². The molecule has 0 fully saturated rings. The van der Waals surface area contributed by atoms with Crippen LogP contribution in [0.2, 0.25) is 0 Å². The molecule has 1 rings (SSSR count). The summed E-state index contributed by atoms with van der Waals surface area (Å²) in [6, 6.07) is 4.05. The minimum Gasteiger partial charge on any atom is -0.0501 e. The van der Waals surface area contributed by atoms with Crippen LogP contribution in [-0.4, -0.2) is 11.8 Å². The van der Waals surface area contributed by atoms with E-state index in [1.807, 2.05) is 32.9 Å². The summed E-state index contributed by atoms with van der Waals surface area (Å²) in [5.41, 5.74) is 4.09. The number of rotatable bonds is 1. The number of nitroso groups, excluding NO2 is 1. The summed E-state index contributed by atoms with van der Waals surface area (Å²) in [5, 5.41) is 0. The first-order chi connectivity index (χ1) is 5.52. The molecule has 2 nitrogen and oxygen atoms in total. The molecule has 0 aliphatic rings. The second-order valence-corrected chi connectivity index (χ2v) is 3.24. The zero-order valence-electron chi connectivity index (χ0n) is 8.01. The van der Waals surface area contributed by atoms with Crippen molar-refractivity contribution in [3.8, 4) is 0 Å². The number of aryl methyl sites for hydroxylation is 3. The van der Waals surface area contributed by atoms with Gasteiger partial charge in [0, 0.05) is 20.8 Å². The maximum atomic E-state index is 11.1. The van der Waals surface area contributed by atoms with Crippen LogP contribution in [0.15, 0.2) is 12.1 Å². The van der Waals surface area contributed by atoms with Crippen molar-refractivity contribution in [1.29, 1.82) is 0 Å². The molecular formula is C10H14NO+. The van der Waals surface area contributed by atoms with Crippen molar-refractivity contribution in [1.82, 2.24) is 0 Å². The fourth-order valence-electron chi connectivity index (χ4n) is 1.67. The van der Waals surface area contributed by atoms with Gasteiger partial charge in [-0.05, 0) is 32.9 Å². The van der Waals surface area contributed by atoms with E-state index in [4.69, 9.17) is 0 Å². The lowest BCUT2D eigenvalue weighted by atomic mass is 10.1. The summed E-state index contributed by atoms with van der Waals surface area (Å²) in [4.78, 5) is 11.1. The van der Waals surface area contributed by atoms with Crippen LogP contribution in [0, 0.1) is 25.7 Å². The van der Waals surface area contributed by atoms with Gasteiger partial charge in [-0.3, -0.25) is 0 Å². The van der Waals surface area contributed by atoms with E-state index >= 15 is 0 Å². The van der Waals surface area contributed by atoms with Gasteiger partial charge in [0.25, 0.3) is 5.69 Å². The Hall–Kier alpha value is -1.18. The highest BCUT2D eigenvalue weighted by atomic mass is 16.3. The molecule has 0 unspecified atom stereocenters. The molecule has 12 heavy (non-hydrogen) atoms. The predicted molar refractivity (Wildman–Crippen MR) is 49.9 cm³/mol. The monoisotopic (exact) mass is 164 g/mol. The van der Waals surface area contributed by atoms with Crippen molar-refractivity contribution in [2.45, 2.75) is 20.8 Å². The van der Waals surface area contributed by atoms with Gasteiger partial charge in [-0.2, -0.15) is 0 Å². The minimum absolute atomic E-state index is 0.792. The molecule has 1 aromatic rings. The second kappa shape index (κ2) is 3.05. The Morgan fingerprint density at radius 2 is 1.50 bits per heavy atom. The van der Waals surface area contributed by atoms with Crippen molar-refractivity contribution in [3.63, 3.8) is 0 Å². The Kier molecular flexibility index (Phi) is 2.27. The summed E-state index contributed by atoms with van der Waals surface area (Å²) in [7, 11) is 1.53. The number of hydrogen-bond acceptors (Lipinski definition) is 1. The van der Waals surface area contributed by atoms with E-state index in [2.05, 4.69) is 0 Å². The lowest BCUT2D eigenvalue weighted by Crippen LogP contribution is -1.97. The van der Waals surface area contributed by atoms with Crippen molar-refractivity contribution in [3.05, 3.63) is 33.7 Å². The molecule has 0 spiro atoms. The molecule has 0 bridgehead atoms. The second-order valence-electron chi connectivity index (χ2n) is 3.24. The molecule has 0 N–H and O–H groups in total. The molecule has 0 radical (unpaired) electrons. The largest absolute Gasteiger partial charge is 0.261 e. The Morgan fingerprint density at radius 3 is 1.83 bits per heavy atom. The first-order valence-corrected chi connectivity index (χ1v) is 4.01. The van der Waals surface area contributed by atoms with Gasteiger partial charge in [0.2, 0.25) is 0 Å². The minimum atomic E-state index is 0.792. The molecule has 0 aliphatic heterocycles. The zero-order valence-corrected chi connectivity index (χ0v) is 8.01. The SMILES string of the molecule is Cc1cc(C)c([N+](C)=O)c(C)c1. The van der Waals surface area contributed by atoms with E-state index in [9.17, 15) is 4.91 Å². The molecule has 2 heteroatoms. The fraction of sp³-hybridized carbons (Fsp3) is 0.400. The molecule has 0 heterocycles. The first kappa shape index (κ1) is 8.91. The van der Waals surface area contributed by atoms with E-state index in [1.165, 1.54) is 12.6 Å². The smallest absolute Gasteiger partial charge is 0.0501 e. The van der Waals surface area contributed by atoms with Crippen LogP contribution < -0.4 is 0 Å². The van der Waals surface area contributed by atoms with E-state index in [0.29, 0.717) is 0 Å². The van der Waals surface area contributed by atoms with E-state index in [1.54, 1.807) is 0 Å². The summed E-state index contributed by atoms with van der Waals surface area (Å²) in [6.45, 7) is 5.96. The van der Waals surface area contributed by atoms with Gasteiger partial charge in [-0.25, -0.2) is 0 Å². The zero-order chi connectivity index (χ0) is 9.30. The van der Waals surface area contributed by atoms with Crippen LogP contribution in [0.25, 0.3) is 0 Å². The molecule has 1 aromatic carbocycles. The van der Waals surface area contributed by atoms with E-state index in [-0.39, 0.29) is 0 Å². The third-order valence-electron chi connectivity index (χ3n) is 1.95. The summed E-state index contributed by atoms with van der Waals surface area (Å²) >= 11 is 0. The van der Waals surface area contributed by atoms with Gasteiger partial charge in [-0.1, -0.05) is 5.56 Å². The maximum Gasteiger partial charge on any atom is 0.261 e. The third kappa shape index (κ3) is 1.52. The summed E-state index contributed by atoms with van der Waals surface area (Å²) < 4.78 is 0.921. The molecule has 0 amide bonds. The fourth-order valence-corrected chi connectivity index (χ4v) is 1.67. The summed E-state index contributed by atoms with van der Waals surface area (Å²) in [5.74, 6) is 0. The molecular weight excluding hydrogens is 150 g/mol. The highest BCUT2D eigenvalue weighted by Gasteiger charge is 2.14. The van der Waals surface area contributed by atoms with Gasteiger partial charge in [0.15, 0.2) is 7.05 Å². The van der Waals surface area contributed by atoms with Crippen LogP contribution >= 0.6 is 0 Å². The van der Waals surface area contributed by atoms with Gasteiger partial charge >= 0.3 is 0 Å². The summed E-state index contributed by atoms with van der Waals surface area (Å²) in [6.07, 6.45) is 0. The standard InChI is InChI=1S/C10H14NO/c1-7-5-8(2)10(11(4)12)9(3)6-7/h5-6H,1-4H3/q+1. The Bertz CT molecular complexity index is 306. The number of nitrogens with zero attached hydrogens (tertiary/aromatic N) is 1. The van der Waals surface area contributed by atoms with Crippen LogP contribution in [0.1, 0.15) is 16.7 Å². The van der Waals surface area contributed by atoms with E-state index < -0.39 is 0 Å². The number of benzene rings is 1. The molecule has 0 aliphatic carbocycles. The molecule has 0 saturated heterocycles. The first-order valence-electron chi connectivity index (χ1n) is 4.01. The average molecular weight is 164 g/mol. The number of hydrogen-bond donors (Lipinski definition) is 0. The highest BCUT2D eigenvalue weighted by molar-refractivity contribution is 5.48. The third-order valence-corrected chi connectivity index (χ3v) is 1.95. The van der Waals surface area contributed by atoms with Crippen molar-refractivity contribution in [2.24, 2.45) is 0 Å². The van der Waals surface area contributed by atoms with Crippen LogP contribution in [0.5, 0.6) is 0 Å². The highest BCUT2D eigenvalue weighted by Crippen LogP contribution is 2.23. The Labute approximate surface area is 72.8 Å². The van der Waals surface area contributed by atoms with Gasteiger partial charge in [-0.15, -0.1) is 0 Å².